The Hall–Kier alpha value is -1.65. The second-order valence-corrected chi connectivity index (χ2v) is 5.55. The summed E-state index contributed by atoms with van der Waals surface area (Å²) in [5, 5.41) is 2.76. The maximum Gasteiger partial charge on any atom is 0.253 e. The molecule has 0 aromatic heterocycles. The topological polar surface area (TPSA) is 55.1 Å². The number of nitrogen functional groups attached to an aromatic ring is 1. The number of hydrogen-bond acceptors (Lipinski definition) is 2. The molecule has 0 heterocycles. The number of hydrogen-bond donors (Lipinski definition) is 2. The van der Waals surface area contributed by atoms with Gasteiger partial charge in [-0.2, -0.15) is 0 Å². The predicted octanol–water partition coefficient (Wildman–Crippen LogP) is 2.86. The van der Waals surface area contributed by atoms with Gasteiger partial charge in [0.1, 0.15) is 0 Å². The molecule has 0 atom stereocenters. The molecule has 1 saturated carbocycles. The summed E-state index contributed by atoms with van der Waals surface area (Å²) in [6, 6.07) is 1.68. The van der Waals surface area contributed by atoms with Gasteiger partial charge in [-0.15, -0.1) is 0 Å². The highest BCUT2D eigenvalue weighted by atomic mass is 19.2. The molecule has 3 N–H and O–H groups in total. The summed E-state index contributed by atoms with van der Waals surface area (Å²) in [6.45, 7) is 2.65. The Labute approximate surface area is 111 Å². The van der Waals surface area contributed by atoms with E-state index in [1.54, 1.807) is 0 Å². The first-order valence-electron chi connectivity index (χ1n) is 6.44. The van der Waals surface area contributed by atoms with Crippen molar-refractivity contribution in [2.75, 3.05) is 12.3 Å². The number of nitrogens with two attached hydrogens (primary N) is 1. The first-order chi connectivity index (χ1) is 8.91. The van der Waals surface area contributed by atoms with Gasteiger partial charge in [0.05, 0.1) is 5.56 Å². The number of nitrogens with one attached hydrogen (secondary N) is 1. The minimum absolute atomic E-state index is 0.0134. The first-order valence-corrected chi connectivity index (χ1v) is 6.44. The second-order valence-electron chi connectivity index (χ2n) is 5.55. The number of benzene rings is 1. The number of halogens is 2. The van der Waals surface area contributed by atoms with Crippen molar-refractivity contribution in [1.29, 1.82) is 0 Å². The van der Waals surface area contributed by atoms with Crippen molar-refractivity contribution in [2.24, 2.45) is 5.41 Å². The molecule has 0 aliphatic heterocycles. The summed E-state index contributed by atoms with van der Waals surface area (Å²) in [5.41, 5.74) is 5.58. The van der Waals surface area contributed by atoms with Crippen LogP contribution in [0.15, 0.2) is 12.1 Å². The fraction of sp³-hybridized carbons (Fsp3) is 0.500. The maximum absolute atomic E-state index is 13.1. The highest BCUT2D eigenvalue weighted by molar-refractivity contribution is 5.99. The van der Waals surface area contributed by atoms with Gasteiger partial charge >= 0.3 is 0 Å². The molecule has 2 rings (SSSR count). The van der Waals surface area contributed by atoms with E-state index in [1.165, 1.54) is 12.8 Å². The molecule has 0 spiro atoms. The normalized spacial score (nSPS) is 17.4. The fourth-order valence-electron chi connectivity index (χ4n) is 2.55. The van der Waals surface area contributed by atoms with Crippen LogP contribution >= 0.6 is 0 Å². The largest absolute Gasteiger partial charge is 0.398 e. The lowest BCUT2D eigenvalue weighted by molar-refractivity contribution is 0.0934. The maximum atomic E-state index is 13.1. The molecule has 5 heteroatoms. The van der Waals surface area contributed by atoms with Gasteiger partial charge < -0.3 is 11.1 Å². The van der Waals surface area contributed by atoms with E-state index in [9.17, 15) is 13.6 Å². The van der Waals surface area contributed by atoms with Crippen LogP contribution in [0.2, 0.25) is 0 Å². The van der Waals surface area contributed by atoms with Crippen LogP contribution < -0.4 is 11.1 Å². The smallest absolute Gasteiger partial charge is 0.253 e. The molecular formula is C14H18F2N2O. The predicted molar refractivity (Wildman–Crippen MR) is 69.7 cm³/mol. The molecule has 1 aromatic carbocycles. The molecule has 1 aromatic rings. The molecule has 0 bridgehead atoms. The van der Waals surface area contributed by atoms with Gasteiger partial charge in [0.15, 0.2) is 11.6 Å². The van der Waals surface area contributed by atoms with Crippen LogP contribution in [0.5, 0.6) is 0 Å². The lowest BCUT2D eigenvalue weighted by Crippen LogP contribution is -2.34. The van der Waals surface area contributed by atoms with Crippen LogP contribution in [0.25, 0.3) is 0 Å². The van der Waals surface area contributed by atoms with E-state index in [-0.39, 0.29) is 16.7 Å². The Kier molecular flexibility index (Phi) is 3.73. The van der Waals surface area contributed by atoms with Gasteiger partial charge in [-0.1, -0.05) is 19.8 Å². The van der Waals surface area contributed by atoms with E-state index in [2.05, 4.69) is 12.2 Å². The van der Waals surface area contributed by atoms with E-state index in [4.69, 9.17) is 5.73 Å². The lowest BCUT2D eigenvalue weighted by Gasteiger charge is -2.23. The monoisotopic (exact) mass is 268 g/mol. The molecule has 104 valence electrons. The van der Waals surface area contributed by atoms with Crippen molar-refractivity contribution in [3.63, 3.8) is 0 Å². The van der Waals surface area contributed by atoms with E-state index < -0.39 is 17.5 Å². The van der Waals surface area contributed by atoms with Crippen LogP contribution in [0.3, 0.4) is 0 Å². The Morgan fingerprint density at radius 3 is 2.53 bits per heavy atom. The molecule has 19 heavy (non-hydrogen) atoms. The highest BCUT2D eigenvalue weighted by Crippen LogP contribution is 2.36. The van der Waals surface area contributed by atoms with Crippen molar-refractivity contribution in [1.82, 2.24) is 5.32 Å². The molecule has 1 fully saturated rings. The van der Waals surface area contributed by atoms with Gasteiger partial charge in [-0.25, -0.2) is 8.78 Å². The zero-order valence-electron chi connectivity index (χ0n) is 10.9. The van der Waals surface area contributed by atoms with E-state index in [0.29, 0.717) is 6.54 Å². The fourth-order valence-corrected chi connectivity index (χ4v) is 2.55. The molecular weight excluding hydrogens is 250 g/mol. The lowest BCUT2D eigenvalue weighted by atomic mass is 9.89. The van der Waals surface area contributed by atoms with Crippen molar-refractivity contribution < 1.29 is 13.6 Å². The number of rotatable bonds is 3. The Morgan fingerprint density at radius 2 is 1.89 bits per heavy atom. The molecule has 0 radical (unpaired) electrons. The van der Waals surface area contributed by atoms with Crippen LogP contribution in [-0.2, 0) is 0 Å². The zero-order chi connectivity index (χ0) is 14.0. The Morgan fingerprint density at radius 1 is 1.32 bits per heavy atom. The minimum atomic E-state index is -1.06. The van der Waals surface area contributed by atoms with Crippen molar-refractivity contribution >= 4 is 11.6 Å². The quantitative estimate of drug-likeness (QED) is 0.828. The standard InChI is InChI=1S/C14H18F2N2O/c1-14(4-2-3-5-14)8-18-13(19)9-6-10(15)11(16)7-12(9)17/h6-7H,2-5,8,17H2,1H3,(H,18,19). The molecule has 0 unspecified atom stereocenters. The third kappa shape index (κ3) is 3.03. The average molecular weight is 268 g/mol. The van der Waals surface area contributed by atoms with Gasteiger partial charge in [0.25, 0.3) is 5.91 Å². The third-order valence-electron chi connectivity index (χ3n) is 3.82. The number of carbonyl (C=O) groups excluding carboxylic acids is 1. The van der Waals surface area contributed by atoms with Crippen LogP contribution in [0, 0.1) is 17.0 Å². The molecule has 1 aliphatic carbocycles. The number of anilines is 1. The Balaban J connectivity index is 2.06. The van der Waals surface area contributed by atoms with E-state index in [1.807, 2.05) is 0 Å². The van der Waals surface area contributed by atoms with E-state index in [0.717, 1.165) is 25.0 Å². The number of carbonyl (C=O) groups is 1. The summed E-state index contributed by atoms with van der Waals surface area (Å²) >= 11 is 0. The van der Waals surface area contributed by atoms with Crippen LogP contribution in [-0.4, -0.2) is 12.5 Å². The van der Waals surface area contributed by atoms with Crippen molar-refractivity contribution in [2.45, 2.75) is 32.6 Å². The van der Waals surface area contributed by atoms with Gasteiger partial charge in [0.2, 0.25) is 0 Å². The summed E-state index contributed by atoms with van der Waals surface area (Å²) in [7, 11) is 0. The van der Waals surface area contributed by atoms with Gasteiger partial charge in [0, 0.05) is 18.3 Å². The van der Waals surface area contributed by atoms with Crippen LogP contribution in [0.4, 0.5) is 14.5 Å². The highest BCUT2D eigenvalue weighted by Gasteiger charge is 2.29. The Bertz CT molecular complexity index is 496. The number of amides is 1. The summed E-state index contributed by atoms with van der Waals surface area (Å²) in [5.74, 6) is -2.56. The minimum Gasteiger partial charge on any atom is -0.398 e. The summed E-state index contributed by atoms with van der Waals surface area (Å²) in [4.78, 5) is 11.9. The molecule has 1 aliphatic rings. The molecule has 3 nitrogen and oxygen atoms in total. The molecule has 1 amide bonds. The second kappa shape index (κ2) is 5.15. The van der Waals surface area contributed by atoms with Crippen molar-refractivity contribution in [3.8, 4) is 0 Å². The molecule has 0 saturated heterocycles. The summed E-state index contributed by atoms with van der Waals surface area (Å²) < 4.78 is 26.1. The zero-order valence-corrected chi connectivity index (χ0v) is 10.9. The van der Waals surface area contributed by atoms with Crippen molar-refractivity contribution in [3.05, 3.63) is 29.3 Å². The SMILES string of the molecule is CC1(CNC(=O)c2cc(F)c(F)cc2N)CCCC1. The average Bonchev–Trinajstić information content (AvgIpc) is 2.78. The van der Waals surface area contributed by atoms with Gasteiger partial charge in [-0.3, -0.25) is 4.79 Å². The third-order valence-corrected chi connectivity index (χ3v) is 3.82. The van der Waals surface area contributed by atoms with E-state index >= 15 is 0 Å². The summed E-state index contributed by atoms with van der Waals surface area (Å²) in [6.07, 6.45) is 4.47. The van der Waals surface area contributed by atoms with Crippen LogP contribution in [0.1, 0.15) is 43.0 Å². The van der Waals surface area contributed by atoms with Gasteiger partial charge in [-0.05, 0) is 24.3 Å². The first kappa shape index (κ1) is 13.8.